The number of benzene rings is 2. The zero-order valence-electron chi connectivity index (χ0n) is 13.3. The van der Waals surface area contributed by atoms with Gasteiger partial charge in [0.05, 0.1) is 9.95 Å². The topological polar surface area (TPSA) is 99.3 Å². The average Bonchev–Trinajstić information content (AvgIpc) is 3.10. The van der Waals surface area contributed by atoms with E-state index >= 15 is 0 Å². The number of anilines is 1. The van der Waals surface area contributed by atoms with Crippen LogP contribution >= 0.6 is 11.6 Å². The highest BCUT2D eigenvalue weighted by molar-refractivity contribution is 6.32. The lowest BCUT2D eigenvalue weighted by Crippen LogP contribution is -2.19. The summed E-state index contributed by atoms with van der Waals surface area (Å²) in [4.78, 5) is 22.6. The molecule has 8 nitrogen and oxygen atoms in total. The molecule has 0 spiro atoms. The first kappa shape index (κ1) is 17.4. The van der Waals surface area contributed by atoms with Crippen molar-refractivity contribution in [2.75, 3.05) is 5.32 Å². The summed E-state index contributed by atoms with van der Waals surface area (Å²) in [6.45, 7) is -0.000250. The highest BCUT2D eigenvalue weighted by atomic mass is 35.5. The molecule has 0 saturated carbocycles. The van der Waals surface area contributed by atoms with Gasteiger partial charge in [0.1, 0.15) is 11.4 Å². The molecule has 3 rings (SSSR count). The number of nitro groups is 1. The second-order valence-electron chi connectivity index (χ2n) is 5.18. The number of nitrogens with zero attached hydrogens (tertiary/aromatic N) is 3. The maximum Gasteiger partial charge on any atom is 0.274 e. The Morgan fingerprint density at radius 2 is 1.92 bits per heavy atom. The molecule has 26 heavy (non-hydrogen) atoms. The number of halogens is 1. The van der Waals surface area contributed by atoms with Crippen LogP contribution in [0.3, 0.4) is 0 Å². The summed E-state index contributed by atoms with van der Waals surface area (Å²) in [6.07, 6.45) is 1.47. The van der Waals surface area contributed by atoms with E-state index in [1.54, 1.807) is 24.3 Å². The van der Waals surface area contributed by atoms with E-state index in [0.717, 1.165) is 0 Å². The summed E-state index contributed by atoms with van der Waals surface area (Å²) in [5, 5.41) is 17.8. The van der Waals surface area contributed by atoms with Crippen molar-refractivity contribution in [2.45, 2.75) is 6.73 Å². The van der Waals surface area contributed by atoms with Gasteiger partial charge in [0.2, 0.25) is 0 Å². The number of para-hydroxylation sites is 1. The molecule has 1 aromatic heterocycles. The van der Waals surface area contributed by atoms with Crippen molar-refractivity contribution in [3.63, 3.8) is 0 Å². The second-order valence-corrected chi connectivity index (χ2v) is 5.59. The second kappa shape index (κ2) is 7.66. The highest BCUT2D eigenvalue weighted by Crippen LogP contribution is 2.23. The predicted molar refractivity (Wildman–Crippen MR) is 95.4 cm³/mol. The number of carbonyl (C=O) groups is 1. The van der Waals surface area contributed by atoms with Crippen LogP contribution in [0.15, 0.2) is 60.8 Å². The number of rotatable bonds is 6. The Balaban J connectivity index is 1.68. The van der Waals surface area contributed by atoms with Crippen LogP contribution in [0.2, 0.25) is 5.02 Å². The molecular formula is C17H13ClN4O4. The van der Waals surface area contributed by atoms with E-state index in [2.05, 4.69) is 10.4 Å². The Morgan fingerprint density at radius 1 is 1.19 bits per heavy atom. The van der Waals surface area contributed by atoms with Gasteiger partial charge in [0, 0.05) is 24.0 Å². The van der Waals surface area contributed by atoms with Crippen molar-refractivity contribution in [2.24, 2.45) is 0 Å². The van der Waals surface area contributed by atoms with Gasteiger partial charge in [-0.2, -0.15) is 5.10 Å². The molecule has 0 aliphatic heterocycles. The van der Waals surface area contributed by atoms with Gasteiger partial charge >= 0.3 is 0 Å². The minimum atomic E-state index is -0.507. The van der Waals surface area contributed by atoms with E-state index < -0.39 is 10.8 Å². The largest absolute Gasteiger partial charge is 0.470 e. The number of aromatic nitrogens is 2. The molecule has 0 fully saturated rings. The third kappa shape index (κ3) is 3.98. The van der Waals surface area contributed by atoms with Gasteiger partial charge in [0.25, 0.3) is 11.6 Å². The SMILES string of the molecule is O=C(Nc1ccc([N+](=O)[O-])cc1)c1ccnn1COc1ccccc1Cl. The van der Waals surface area contributed by atoms with Crippen LogP contribution in [0.1, 0.15) is 10.5 Å². The van der Waals surface area contributed by atoms with E-state index in [0.29, 0.717) is 16.5 Å². The number of hydrogen-bond donors (Lipinski definition) is 1. The summed E-state index contributed by atoms with van der Waals surface area (Å²) in [6, 6.07) is 14.1. The summed E-state index contributed by atoms with van der Waals surface area (Å²) in [5.41, 5.74) is 0.650. The smallest absolute Gasteiger partial charge is 0.274 e. The van der Waals surface area contributed by atoms with E-state index in [-0.39, 0.29) is 18.1 Å². The molecule has 0 aliphatic rings. The van der Waals surface area contributed by atoms with Gasteiger partial charge in [-0.05, 0) is 30.3 Å². The van der Waals surface area contributed by atoms with Gasteiger partial charge < -0.3 is 10.1 Å². The maximum atomic E-state index is 12.4. The molecule has 0 atom stereocenters. The summed E-state index contributed by atoms with van der Waals surface area (Å²) in [7, 11) is 0. The van der Waals surface area contributed by atoms with Crippen LogP contribution in [0.4, 0.5) is 11.4 Å². The quantitative estimate of drug-likeness (QED) is 0.525. The molecule has 0 unspecified atom stereocenters. The van der Waals surface area contributed by atoms with Crippen molar-refractivity contribution in [1.82, 2.24) is 9.78 Å². The first-order valence-corrected chi connectivity index (χ1v) is 7.87. The van der Waals surface area contributed by atoms with Crippen LogP contribution in [-0.4, -0.2) is 20.6 Å². The number of nitro benzene ring substituents is 1. The number of carbonyl (C=O) groups excluding carboxylic acids is 1. The van der Waals surface area contributed by atoms with Crippen molar-refractivity contribution in [1.29, 1.82) is 0 Å². The highest BCUT2D eigenvalue weighted by Gasteiger charge is 2.14. The molecule has 9 heteroatoms. The van der Waals surface area contributed by atoms with Gasteiger partial charge in [-0.15, -0.1) is 0 Å². The normalized spacial score (nSPS) is 10.3. The first-order valence-electron chi connectivity index (χ1n) is 7.49. The zero-order valence-corrected chi connectivity index (χ0v) is 14.1. The molecule has 0 aliphatic carbocycles. The summed E-state index contributed by atoms with van der Waals surface area (Å²) < 4.78 is 6.96. The molecule has 0 radical (unpaired) electrons. The fourth-order valence-electron chi connectivity index (χ4n) is 2.18. The lowest BCUT2D eigenvalue weighted by molar-refractivity contribution is -0.384. The van der Waals surface area contributed by atoms with Crippen LogP contribution in [0.5, 0.6) is 5.75 Å². The number of amides is 1. The predicted octanol–water partition coefficient (Wildman–Crippen LogP) is 3.73. The molecular weight excluding hydrogens is 360 g/mol. The molecule has 2 aromatic carbocycles. The minimum Gasteiger partial charge on any atom is -0.470 e. The third-order valence-corrected chi connectivity index (χ3v) is 3.78. The summed E-state index contributed by atoms with van der Waals surface area (Å²) in [5.74, 6) is 0.0607. The minimum absolute atomic E-state index is 0.000250. The van der Waals surface area contributed by atoms with Crippen molar-refractivity contribution in [3.8, 4) is 5.75 Å². The zero-order chi connectivity index (χ0) is 18.5. The Kier molecular flexibility index (Phi) is 5.14. The number of ether oxygens (including phenoxy) is 1. The lowest BCUT2D eigenvalue weighted by Gasteiger charge is -2.11. The average molecular weight is 373 g/mol. The van der Waals surface area contributed by atoms with E-state index in [1.807, 2.05) is 0 Å². The Bertz CT molecular complexity index is 940. The number of non-ortho nitro benzene ring substituents is 1. The Labute approximate surface area is 153 Å². The number of nitrogens with one attached hydrogen (secondary N) is 1. The van der Waals surface area contributed by atoms with Crippen LogP contribution < -0.4 is 10.1 Å². The van der Waals surface area contributed by atoms with Gasteiger partial charge in [-0.3, -0.25) is 14.9 Å². The first-order chi connectivity index (χ1) is 12.5. The third-order valence-electron chi connectivity index (χ3n) is 3.46. The molecule has 0 bridgehead atoms. The lowest BCUT2D eigenvalue weighted by atomic mass is 10.2. The molecule has 1 N–H and O–H groups in total. The van der Waals surface area contributed by atoms with Gasteiger partial charge in [-0.1, -0.05) is 23.7 Å². The van der Waals surface area contributed by atoms with E-state index in [4.69, 9.17) is 16.3 Å². The molecule has 1 amide bonds. The van der Waals surface area contributed by atoms with Crippen LogP contribution in [0.25, 0.3) is 0 Å². The standard InChI is InChI=1S/C17H13ClN4O4/c18-14-3-1-2-4-16(14)26-11-21-15(9-10-19-21)17(23)20-12-5-7-13(8-6-12)22(24)25/h1-10H,11H2,(H,20,23). The van der Waals surface area contributed by atoms with Crippen LogP contribution in [0, 0.1) is 10.1 Å². The molecule has 0 saturated heterocycles. The molecule has 1 heterocycles. The maximum absolute atomic E-state index is 12.4. The van der Waals surface area contributed by atoms with E-state index in [1.165, 1.54) is 41.2 Å². The van der Waals surface area contributed by atoms with Gasteiger partial charge in [-0.25, -0.2) is 4.68 Å². The van der Waals surface area contributed by atoms with Crippen LogP contribution in [-0.2, 0) is 6.73 Å². The van der Waals surface area contributed by atoms with E-state index in [9.17, 15) is 14.9 Å². The van der Waals surface area contributed by atoms with Crippen molar-refractivity contribution in [3.05, 3.63) is 81.6 Å². The number of hydrogen-bond acceptors (Lipinski definition) is 5. The summed E-state index contributed by atoms with van der Waals surface area (Å²) >= 11 is 6.03. The van der Waals surface area contributed by atoms with Gasteiger partial charge in [0.15, 0.2) is 6.73 Å². The van der Waals surface area contributed by atoms with Crippen molar-refractivity contribution >= 4 is 28.9 Å². The Morgan fingerprint density at radius 3 is 2.62 bits per heavy atom. The van der Waals surface area contributed by atoms with Crippen molar-refractivity contribution < 1.29 is 14.5 Å². The monoisotopic (exact) mass is 372 g/mol. The Hall–Kier alpha value is -3.39. The fourth-order valence-corrected chi connectivity index (χ4v) is 2.37. The fraction of sp³-hybridized carbons (Fsp3) is 0.0588. The molecule has 3 aromatic rings. The molecule has 132 valence electrons.